The summed E-state index contributed by atoms with van der Waals surface area (Å²) < 4.78 is 17.5. The minimum Gasteiger partial charge on any atom is -0.490 e. The molecule has 0 unspecified atom stereocenters. The summed E-state index contributed by atoms with van der Waals surface area (Å²) in [5.74, 6) is -1.22. The van der Waals surface area contributed by atoms with Crippen LogP contribution < -0.4 is 25.5 Å². The van der Waals surface area contributed by atoms with Crippen LogP contribution in [-0.2, 0) is 19.1 Å². The second-order valence-electron chi connectivity index (χ2n) is 7.65. The molecule has 1 heterocycles. The van der Waals surface area contributed by atoms with Crippen LogP contribution >= 0.6 is 34.2 Å². The average molecular weight is 629 g/mol. The Kier molecular flexibility index (Phi) is 10.8. The van der Waals surface area contributed by atoms with Crippen molar-refractivity contribution in [3.63, 3.8) is 0 Å². The number of anilines is 1. The molecular weight excluding hydrogens is 603 g/mol. The van der Waals surface area contributed by atoms with Gasteiger partial charge in [-0.1, -0.05) is 17.7 Å². The van der Waals surface area contributed by atoms with Crippen molar-refractivity contribution in [2.75, 3.05) is 31.7 Å². The maximum atomic E-state index is 12.3. The van der Waals surface area contributed by atoms with Crippen molar-refractivity contribution in [3.8, 4) is 11.5 Å². The largest absolute Gasteiger partial charge is 0.490 e. The van der Waals surface area contributed by atoms with Gasteiger partial charge in [-0.25, -0.2) is 5.43 Å². The van der Waals surface area contributed by atoms with Crippen molar-refractivity contribution in [2.45, 2.75) is 25.9 Å². The normalized spacial score (nSPS) is 14.9. The Morgan fingerprint density at radius 1 is 1.22 bits per heavy atom. The molecule has 3 amide bonds. The van der Waals surface area contributed by atoms with Crippen molar-refractivity contribution >= 4 is 63.8 Å². The van der Waals surface area contributed by atoms with Gasteiger partial charge in [-0.05, 0) is 78.3 Å². The van der Waals surface area contributed by atoms with E-state index in [1.165, 1.54) is 6.21 Å². The molecule has 2 aromatic rings. The molecule has 0 radical (unpaired) electrons. The van der Waals surface area contributed by atoms with E-state index >= 15 is 0 Å². The third-order valence-corrected chi connectivity index (χ3v) is 5.92. The van der Waals surface area contributed by atoms with E-state index in [1.54, 1.807) is 36.4 Å². The van der Waals surface area contributed by atoms with E-state index in [2.05, 4.69) is 43.8 Å². The summed E-state index contributed by atoms with van der Waals surface area (Å²) in [6.45, 7) is 2.89. The first kappa shape index (κ1) is 27.7. The molecule has 192 valence electrons. The van der Waals surface area contributed by atoms with Crippen LogP contribution in [0, 0.1) is 3.57 Å². The lowest BCUT2D eigenvalue weighted by molar-refractivity contribution is -0.139. The summed E-state index contributed by atoms with van der Waals surface area (Å²) in [7, 11) is 0. The molecule has 0 bridgehead atoms. The summed E-state index contributed by atoms with van der Waals surface area (Å²) in [6, 6.07) is 10.2. The molecule has 0 spiro atoms. The molecule has 1 saturated heterocycles. The van der Waals surface area contributed by atoms with E-state index in [0.29, 0.717) is 44.6 Å². The van der Waals surface area contributed by atoms with Crippen LogP contribution in [0.4, 0.5) is 5.69 Å². The Hall–Kier alpha value is -2.90. The maximum absolute atomic E-state index is 12.3. The zero-order valence-corrected chi connectivity index (χ0v) is 22.4. The summed E-state index contributed by atoms with van der Waals surface area (Å²) in [5, 5.41) is 9.60. The van der Waals surface area contributed by atoms with Gasteiger partial charge < -0.3 is 24.8 Å². The Morgan fingerprint density at radius 2 is 2.06 bits per heavy atom. The lowest BCUT2D eigenvalue weighted by Gasteiger charge is -2.14. The highest BCUT2D eigenvalue weighted by molar-refractivity contribution is 14.1. The first-order valence-corrected chi connectivity index (χ1v) is 12.7. The van der Waals surface area contributed by atoms with Gasteiger partial charge in [0.05, 0.1) is 22.5 Å². The molecule has 2 aromatic carbocycles. The highest BCUT2D eigenvalue weighted by Gasteiger charge is 2.19. The van der Waals surface area contributed by atoms with Crippen molar-refractivity contribution in [2.24, 2.45) is 5.10 Å². The maximum Gasteiger partial charge on any atom is 0.329 e. The first-order valence-electron chi connectivity index (χ1n) is 11.2. The molecule has 1 atom stereocenters. The summed E-state index contributed by atoms with van der Waals surface area (Å²) in [5.41, 5.74) is 3.36. The van der Waals surface area contributed by atoms with Crippen molar-refractivity contribution in [1.82, 2.24) is 10.7 Å². The van der Waals surface area contributed by atoms with E-state index in [9.17, 15) is 14.4 Å². The van der Waals surface area contributed by atoms with Crippen LogP contribution in [0.2, 0.25) is 5.02 Å². The number of amides is 3. The predicted molar refractivity (Wildman–Crippen MR) is 144 cm³/mol. The molecule has 12 heteroatoms. The number of carbonyl (C=O) groups excluding carboxylic acids is 3. The number of halogens is 2. The van der Waals surface area contributed by atoms with Crippen molar-refractivity contribution < 1.29 is 28.6 Å². The minimum atomic E-state index is -0.880. The fourth-order valence-electron chi connectivity index (χ4n) is 3.27. The molecule has 10 nitrogen and oxygen atoms in total. The number of hydrogen-bond acceptors (Lipinski definition) is 7. The third kappa shape index (κ3) is 8.64. The Bertz CT molecular complexity index is 1120. The van der Waals surface area contributed by atoms with E-state index < -0.39 is 11.8 Å². The van der Waals surface area contributed by atoms with Crippen molar-refractivity contribution in [1.29, 1.82) is 0 Å². The zero-order chi connectivity index (χ0) is 25.9. The third-order valence-electron chi connectivity index (χ3n) is 4.89. The quantitative estimate of drug-likeness (QED) is 0.161. The van der Waals surface area contributed by atoms with Crippen LogP contribution in [0.15, 0.2) is 41.5 Å². The fraction of sp³-hybridized carbons (Fsp3) is 0.333. The number of benzene rings is 2. The standard InChI is InChI=1S/C24H26ClIN4O6/c1-2-34-20-10-15(12-28-30-24(33)23(32)27-13-18-7-4-8-35-18)9-19(26)22(20)36-14-21(31)29-17-6-3-5-16(25)11-17/h3,5-6,9-12,18H,2,4,7-8,13-14H2,1H3,(H,27,32)(H,29,31)(H,30,33)/b28-12-/t18-/m0/s1. The number of ether oxygens (including phenoxy) is 3. The molecule has 3 rings (SSSR count). The Labute approximate surface area is 227 Å². The monoisotopic (exact) mass is 628 g/mol. The molecule has 1 fully saturated rings. The van der Waals surface area contributed by atoms with Gasteiger partial charge in [0.15, 0.2) is 18.1 Å². The lowest BCUT2D eigenvalue weighted by atomic mass is 10.2. The van der Waals surface area contributed by atoms with Gasteiger partial charge in [-0.3, -0.25) is 14.4 Å². The van der Waals surface area contributed by atoms with Crippen molar-refractivity contribution in [3.05, 3.63) is 50.6 Å². The SMILES string of the molecule is CCOc1cc(/C=N\NC(=O)C(=O)NC[C@@H]2CCCO2)cc(I)c1OCC(=O)Nc1cccc(Cl)c1. The van der Waals surface area contributed by atoms with Crippen LogP contribution in [0.5, 0.6) is 11.5 Å². The Morgan fingerprint density at radius 3 is 2.78 bits per heavy atom. The van der Waals surface area contributed by atoms with E-state index in [4.69, 9.17) is 25.8 Å². The molecular formula is C24H26ClIN4O6. The van der Waals surface area contributed by atoms with Crippen LogP contribution in [0.3, 0.4) is 0 Å². The molecule has 0 saturated carbocycles. The van der Waals surface area contributed by atoms with Crippen LogP contribution in [-0.4, -0.2) is 56.4 Å². The highest BCUT2D eigenvalue weighted by atomic mass is 127. The minimum absolute atomic E-state index is 0.0621. The molecule has 3 N–H and O–H groups in total. The molecule has 0 aliphatic carbocycles. The molecule has 36 heavy (non-hydrogen) atoms. The van der Waals surface area contributed by atoms with Gasteiger partial charge in [0.1, 0.15) is 0 Å². The number of carbonyl (C=O) groups is 3. The van der Waals surface area contributed by atoms with Gasteiger partial charge in [-0.2, -0.15) is 5.10 Å². The van der Waals surface area contributed by atoms with E-state index in [0.717, 1.165) is 12.8 Å². The summed E-state index contributed by atoms with van der Waals surface area (Å²) in [4.78, 5) is 36.2. The number of nitrogens with zero attached hydrogens (tertiary/aromatic N) is 1. The molecule has 1 aliphatic heterocycles. The van der Waals surface area contributed by atoms with Gasteiger partial charge in [0.25, 0.3) is 5.91 Å². The highest BCUT2D eigenvalue weighted by Crippen LogP contribution is 2.34. The Balaban J connectivity index is 1.56. The topological polar surface area (TPSA) is 127 Å². The van der Waals surface area contributed by atoms with Crippen LogP contribution in [0.25, 0.3) is 0 Å². The smallest absolute Gasteiger partial charge is 0.329 e. The van der Waals surface area contributed by atoms with Gasteiger partial charge in [0.2, 0.25) is 0 Å². The predicted octanol–water partition coefficient (Wildman–Crippen LogP) is 3.11. The number of nitrogens with one attached hydrogen (secondary N) is 3. The lowest BCUT2D eigenvalue weighted by Crippen LogP contribution is -2.41. The fourth-order valence-corrected chi connectivity index (χ4v) is 4.25. The van der Waals surface area contributed by atoms with Gasteiger partial charge in [-0.15, -0.1) is 0 Å². The number of hydrogen-bond donors (Lipinski definition) is 3. The number of hydrazone groups is 1. The average Bonchev–Trinajstić information content (AvgIpc) is 3.36. The first-order chi connectivity index (χ1) is 17.4. The summed E-state index contributed by atoms with van der Waals surface area (Å²) >= 11 is 7.99. The zero-order valence-electron chi connectivity index (χ0n) is 19.5. The van der Waals surface area contributed by atoms with E-state index in [1.807, 2.05) is 6.92 Å². The second-order valence-corrected chi connectivity index (χ2v) is 9.25. The van der Waals surface area contributed by atoms with Gasteiger partial charge in [0, 0.05) is 23.9 Å². The summed E-state index contributed by atoms with van der Waals surface area (Å²) in [6.07, 6.45) is 3.12. The van der Waals surface area contributed by atoms with E-state index in [-0.39, 0.29) is 25.2 Å². The van der Waals surface area contributed by atoms with Gasteiger partial charge >= 0.3 is 11.8 Å². The molecule has 0 aromatic heterocycles. The molecule has 1 aliphatic rings. The number of rotatable bonds is 10. The van der Waals surface area contributed by atoms with Crippen LogP contribution in [0.1, 0.15) is 25.3 Å². The second kappa shape index (κ2) is 14.0.